The summed E-state index contributed by atoms with van der Waals surface area (Å²) in [7, 11) is 0. The summed E-state index contributed by atoms with van der Waals surface area (Å²) in [5.41, 5.74) is 6.22. The third kappa shape index (κ3) is 4.74. The number of hydrogen-bond donors (Lipinski definition) is 1. The first-order chi connectivity index (χ1) is 18.5. The Labute approximate surface area is 226 Å². The van der Waals surface area contributed by atoms with Crippen molar-refractivity contribution in [2.75, 3.05) is 5.32 Å². The minimum Gasteiger partial charge on any atom is -0.354 e. The average molecular weight is 537 g/mol. The second-order valence-corrected chi connectivity index (χ2v) is 10.4. The van der Waals surface area contributed by atoms with E-state index in [9.17, 15) is 10.1 Å². The van der Waals surface area contributed by atoms with Crippen LogP contribution in [0.15, 0.2) is 117 Å². The molecule has 0 unspecified atom stereocenters. The van der Waals surface area contributed by atoms with E-state index in [1.165, 1.54) is 28.4 Å². The fourth-order valence-electron chi connectivity index (χ4n) is 4.03. The highest BCUT2D eigenvalue weighted by atomic mass is 32.2. The van der Waals surface area contributed by atoms with Crippen molar-refractivity contribution in [2.24, 2.45) is 10.1 Å². The van der Waals surface area contributed by atoms with Gasteiger partial charge >= 0.3 is 0 Å². The zero-order chi connectivity index (χ0) is 26.1. The maximum absolute atomic E-state index is 11.1. The Morgan fingerprint density at radius 2 is 1.82 bits per heavy atom. The molecule has 3 aromatic carbocycles. The third-order valence-corrected chi connectivity index (χ3v) is 7.92. The number of non-ortho nitro benzene ring substituents is 1. The molecule has 8 nitrogen and oxygen atoms in total. The largest absolute Gasteiger partial charge is 0.354 e. The summed E-state index contributed by atoms with van der Waals surface area (Å²) >= 11 is 3.18. The van der Waals surface area contributed by atoms with E-state index in [1.54, 1.807) is 41.0 Å². The van der Waals surface area contributed by atoms with Crippen LogP contribution in [0.4, 0.5) is 22.7 Å². The molecule has 1 aliphatic rings. The Balaban J connectivity index is 1.43. The van der Waals surface area contributed by atoms with E-state index in [4.69, 9.17) is 10.1 Å². The first-order valence-corrected chi connectivity index (χ1v) is 13.4. The highest BCUT2D eigenvalue weighted by Gasteiger charge is 2.17. The van der Waals surface area contributed by atoms with Crippen molar-refractivity contribution in [3.05, 3.63) is 117 Å². The van der Waals surface area contributed by atoms with Crippen molar-refractivity contribution in [3.8, 4) is 11.3 Å². The fraction of sp³-hybridized carbons (Fsp3) is 0.0357. The molecular weight excluding hydrogens is 516 g/mol. The van der Waals surface area contributed by atoms with E-state index in [0.717, 1.165) is 38.8 Å². The summed E-state index contributed by atoms with van der Waals surface area (Å²) in [6.07, 6.45) is 3.39. The van der Waals surface area contributed by atoms with Gasteiger partial charge in [-0.05, 0) is 61.0 Å². The Bertz CT molecular complexity index is 1760. The molecule has 0 bridgehead atoms. The molecule has 0 fully saturated rings. The Morgan fingerprint density at radius 3 is 2.61 bits per heavy atom. The van der Waals surface area contributed by atoms with Gasteiger partial charge in [0.25, 0.3) is 5.69 Å². The van der Waals surface area contributed by atoms with Gasteiger partial charge in [-0.25, -0.2) is 9.67 Å². The number of nitro groups is 1. The topological polar surface area (TPSA) is 97.7 Å². The van der Waals surface area contributed by atoms with Crippen LogP contribution in [0.25, 0.3) is 11.3 Å². The van der Waals surface area contributed by atoms with Crippen LogP contribution >= 0.6 is 23.1 Å². The van der Waals surface area contributed by atoms with Gasteiger partial charge in [0, 0.05) is 39.1 Å². The lowest BCUT2D eigenvalue weighted by Crippen LogP contribution is -2.14. The van der Waals surface area contributed by atoms with Gasteiger partial charge in [-0.2, -0.15) is 5.10 Å². The maximum Gasteiger partial charge on any atom is 0.269 e. The predicted molar refractivity (Wildman–Crippen MR) is 152 cm³/mol. The minimum absolute atomic E-state index is 0.0384. The van der Waals surface area contributed by atoms with Crippen LogP contribution in [0.1, 0.15) is 12.5 Å². The molecule has 0 aliphatic carbocycles. The highest BCUT2D eigenvalue weighted by molar-refractivity contribution is 7.99. The number of fused-ring (bicyclic) bond motifs is 2. The number of rotatable bonds is 5. The second kappa shape index (κ2) is 10.1. The van der Waals surface area contributed by atoms with Crippen LogP contribution in [0.5, 0.6) is 0 Å². The molecule has 38 heavy (non-hydrogen) atoms. The number of hydrogen-bond acceptors (Lipinski definition) is 8. The van der Waals surface area contributed by atoms with Gasteiger partial charge in [0.2, 0.25) is 4.80 Å². The normalized spacial score (nSPS) is 13.0. The number of benzene rings is 3. The quantitative estimate of drug-likeness (QED) is 0.142. The number of nitrogens with zero attached hydrogens (tertiary/aromatic N) is 5. The summed E-state index contributed by atoms with van der Waals surface area (Å²) in [6, 6.07) is 24.7. The van der Waals surface area contributed by atoms with Gasteiger partial charge in [0.1, 0.15) is 0 Å². The summed E-state index contributed by atoms with van der Waals surface area (Å²) < 4.78 is 1.78. The van der Waals surface area contributed by atoms with Crippen LogP contribution in [0, 0.1) is 10.1 Å². The molecule has 186 valence electrons. The van der Waals surface area contributed by atoms with E-state index >= 15 is 0 Å². The van der Waals surface area contributed by atoms with E-state index in [2.05, 4.69) is 40.6 Å². The minimum atomic E-state index is -0.405. The number of thiazole rings is 1. The number of pyridine rings is 1. The summed E-state index contributed by atoms with van der Waals surface area (Å²) in [5, 5.41) is 21.6. The van der Waals surface area contributed by atoms with Gasteiger partial charge in [0.05, 0.1) is 39.6 Å². The molecule has 5 aromatic rings. The van der Waals surface area contributed by atoms with Crippen LogP contribution in [0.2, 0.25) is 0 Å². The summed E-state index contributed by atoms with van der Waals surface area (Å²) in [6.45, 7) is 1.96. The average Bonchev–Trinajstić information content (AvgIpc) is 3.33. The molecule has 0 radical (unpaired) electrons. The fourth-order valence-corrected chi connectivity index (χ4v) is 5.85. The maximum atomic E-state index is 11.1. The van der Waals surface area contributed by atoms with Crippen molar-refractivity contribution >= 4 is 51.6 Å². The van der Waals surface area contributed by atoms with Gasteiger partial charge in [0.15, 0.2) is 0 Å². The number of para-hydroxylation sites is 1. The highest BCUT2D eigenvalue weighted by Crippen LogP contribution is 2.44. The standard InChI is InChI=1S/C28H20N6O2S2/c1-18(20-10-13-27-24(15-20)31-23-6-2-3-7-26(23)38-27)32-33-25(19-8-11-22(12-9-19)34(35)36)17-37-28(33)30-21-5-4-14-29-16-21/h2-17,31H,1H3. The van der Waals surface area contributed by atoms with Gasteiger partial charge in [-0.15, -0.1) is 11.3 Å². The first-order valence-electron chi connectivity index (χ1n) is 11.7. The van der Waals surface area contributed by atoms with Gasteiger partial charge in [-0.1, -0.05) is 30.0 Å². The third-order valence-electron chi connectivity index (χ3n) is 5.95. The number of anilines is 2. The molecular formula is C28H20N6O2S2. The van der Waals surface area contributed by atoms with Gasteiger partial charge < -0.3 is 5.32 Å². The molecule has 1 N–H and O–H groups in total. The Hall–Kier alpha value is -4.54. The zero-order valence-corrected chi connectivity index (χ0v) is 21.7. The molecule has 2 aromatic heterocycles. The molecule has 0 saturated heterocycles. The molecule has 0 atom stereocenters. The molecule has 3 heterocycles. The molecule has 10 heteroatoms. The monoisotopic (exact) mass is 536 g/mol. The lowest BCUT2D eigenvalue weighted by Gasteiger charge is -2.21. The molecule has 6 rings (SSSR count). The van der Waals surface area contributed by atoms with Crippen LogP contribution < -0.4 is 10.1 Å². The molecule has 1 aliphatic heterocycles. The van der Waals surface area contributed by atoms with Crippen LogP contribution in [0.3, 0.4) is 0 Å². The summed E-state index contributed by atoms with van der Waals surface area (Å²) in [4.78, 5) is 22.7. The lowest BCUT2D eigenvalue weighted by molar-refractivity contribution is -0.384. The van der Waals surface area contributed by atoms with Crippen LogP contribution in [-0.2, 0) is 0 Å². The van der Waals surface area contributed by atoms with Crippen molar-refractivity contribution in [1.82, 2.24) is 9.66 Å². The predicted octanol–water partition coefficient (Wildman–Crippen LogP) is 7.23. The molecule has 0 spiro atoms. The number of nitrogens with one attached hydrogen (secondary N) is 1. The second-order valence-electron chi connectivity index (χ2n) is 8.46. The van der Waals surface area contributed by atoms with Crippen molar-refractivity contribution in [1.29, 1.82) is 0 Å². The smallest absolute Gasteiger partial charge is 0.269 e. The van der Waals surface area contributed by atoms with Crippen molar-refractivity contribution in [2.45, 2.75) is 16.7 Å². The zero-order valence-electron chi connectivity index (χ0n) is 20.1. The molecule has 0 amide bonds. The molecule has 0 saturated carbocycles. The van der Waals surface area contributed by atoms with E-state index in [0.29, 0.717) is 10.5 Å². The van der Waals surface area contributed by atoms with Crippen molar-refractivity contribution in [3.63, 3.8) is 0 Å². The van der Waals surface area contributed by atoms with Crippen LogP contribution in [-0.4, -0.2) is 20.3 Å². The number of aromatic nitrogens is 2. The lowest BCUT2D eigenvalue weighted by atomic mass is 10.1. The Morgan fingerprint density at radius 1 is 1.00 bits per heavy atom. The SMILES string of the molecule is CC(=Nn1c(-c2ccc([N+](=O)[O-])cc2)csc1=Nc1cccnc1)c1ccc2c(c1)Nc1ccccc1S2. The first kappa shape index (κ1) is 23.8. The van der Waals surface area contributed by atoms with E-state index in [-0.39, 0.29) is 5.69 Å². The number of nitro benzene ring substituents is 1. The Kier molecular flexibility index (Phi) is 6.32. The van der Waals surface area contributed by atoms with Gasteiger partial charge in [-0.3, -0.25) is 15.1 Å². The van der Waals surface area contributed by atoms with E-state index in [1.807, 2.05) is 36.6 Å². The summed E-state index contributed by atoms with van der Waals surface area (Å²) in [5.74, 6) is 0. The van der Waals surface area contributed by atoms with E-state index < -0.39 is 4.92 Å². The van der Waals surface area contributed by atoms with Crippen molar-refractivity contribution < 1.29 is 4.92 Å².